The summed E-state index contributed by atoms with van der Waals surface area (Å²) in [4.78, 5) is 38.3. The van der Waals surface area contributed by atoms with Gasteiger partial charge < -0.3 is 28.8 Å². The highest BCUT2D eigenvalue weighted by atomic mass is 16.5. The summed E-state index contributed by atoms with van der Waals surface area (Å²) in [6, 6.07) is 7.72. The predicted molar refractivity (Wildman–Crippen MR) is 105 cm³/mol. The summed E-state index contributed by atoms with van der Waals surface area (Å²) < 4.78 is 20.7. The predicted octanol–water partition coefficient (Wildman–Crippen LogP) is 1.76. The van der Waals surface area contributed by atoms with Crippen molar-refractivity contribution in [1.29, 1.82) is 0 Å². The summed E-state index contributed by atoms with van der Waals surface area (Å²) in [5.41, 5.74) is 0.804. The van der Waals surface area contributed by atoms with Crippen molar-refractivity contribution in [3.63, 3.8) is 0 Å². The molecular formula is C21H24N2O7. The first-order chi connectivity index (χ1) is 14.5. The molecule has 1 aromatic heterocycles. The molecule has 1 saturated heterocycles. The van der Waals surface area contributed by atoms with Crippen LogP contribution in [0.2, 0.25) is 0 Å². The number of nitrogens with zero attached hydrogens (tertiary/aromatic N) is 1. The van der Waals surface area contributed by atoms with Gasteiger partial charge in [-0.25, -0.2) is 4.79 Å². The van der Waals surface area contributed by atoms with Crippen LogP contribution in [0.15, 0.2) is 41.0 Å². The minimum atomic E-state index is -0.721. The van der Waals surface area contributed by atoms with Gasteiger partial charge in [-0.1, -0.05) is 6.07 Å². The molecule has 3 rings (SSSR count). The second-order valence-corrected chi connectivity index (χ2v) is 6.71. The lowest BCUT2D eigenvalue weighted by atomic mass is 10.2. The zero-order valence-electron chi connectivity index (χ0n) is 16.9. The van der Waals surface area contributed by atoms with E-state index in [1.165, 1.54) is 18.3 Å². The lowest BCUT2D eigenvalue weighted by molar-refractivity contribution is -0.152. The SMILES string of the molecule is COc1ccc(CNC(=O)COC(=O)[C@@H]2CCCN2C(=O)c2ccco2)cc1OC. The maximum atomic E-state index is 12.4. The van der Waals surface area contributed by atoms with E-state index >= 15 is 0 Å². The number of esters is 1. The molecule has 0 spiro atoms. The van der Waals surface area contributed by atoms with E-state index in [1.807, 2.05) is 0 Å². The standard InChI is InChI=1S/C21H24N2O7/c1-27-16-8-7-14(11-18(16)28-2)12-22-19(24)13-30-21(26)15-5-3-9-23(15)20(25)17-6-4-10-29-17/h4,6-8,10-11,15H,3,5,9,12-13H2,1-2H3,(H,22,24)/t15-/m0/s1. The van der Waals surface area contributed by atoms with Crippen LogP contribution in [-0.4, -0.2) is 56.1 Å². The Labute approximate surface area is 173 Å². The van der Waals surface area contributed by atoms with Gasteiger partial charge >= 0.3 is 5.97 Å². The van der Waals surface area contributed by atoms with Gasteiger partial charge in [0.25, 0.3) is 11.8 Å². The number of benzene rings is 1. The third-order valence-electron chi connectivity index (χ3n) is 4.80. The lowest BCUT2D eigenvalue weighted by Gasteiger charge is -2.22. The number of hydrogen-bond acceptors (Lipinski definition) is 7. The Kier molecular flexibility index (Phi) is 6.95. The normalized spacial score (nSPS) is 15.5. The van der Waals surface area contributed by atoms with E-state index in [4.69, 9.17) is 18.6 Å². The van der Waals surface area contributed by atoms with E-state index in [9.17, 15) is 14.4 Å². The van der Waals surface area contributed by atoms with Gasteiger partial charge in [0.2, 0.25) is 0 Å². The lowest BCUT2D eigenvalue weighted by Crippen LogP contribution is -2.42. The van der Waals surface area contributed by atoms with Crippen LogP contribution in [0.3, 0.4) is 0 Å². The molecule has 0 aliphatic carbocycles. The van der Waals surface area contributed by atoms with E-state index in [0.29, 0.717) is 30.9 Å². The summed E-state index contributed by atoms with van der Waals surface area (Å²) in [6.45, 7) is 0.249. The number of ether oxygens (including phenoxy) is 3. The number of carbonyl (C=O) groups is 3. The molecule has 2 aromatic rings. The average molecular weight is 416 g/mol. The molecule has 0 unspecified atom stereocenters. The van der Waals surface area contributed by atoms with E-state index in [1.54, 1.807) is 37.4 Å². The molecule has 1 aliphatic heterocycles. The Hall–Kier alpha value is -3.49. The summed E-state index contributed by atoms with van der Waals surface area (Å²) in [7, 11) is 3.07. The van der Waals surface area contributed by atoms with Crippen LogP contribution < -0.4 is 14.8 Å². The van der Waals surface area contributed by atoms with Crippen molar-refractivity contribution >= 4 is 17.8 Å². The van der Waals surface area contributed by atoms with Gasteiger partial charge in [-0.2, -0.15) is 0 Å². The molecule has 160 valence electrons. The second kappa shape index (κ2) is 9.82. The Morgan fingerprint density at radius 2 is 1.97 bits per heavy atom. The number of furan rings is 1. The number of methoxy groups -OCH3 is 2. The van der Waals surface area contributed by atoms with Crippen LogP contribution in [0, 0.1) is 0 Å². The summed E-state index contributed by atoms with van der Waals surface area (Å²) in [5, 5.41) is 2.68. The zero-order valence-corrected chi connectivity index (χ0v) is 16.9. The number of nitrogens with one attached hydrogen (secondary N) is 1. The molecular weight excluding hydrogens is 392 g/mol. The van der Waals surface area contributed by atoms with Crippen LogP contribution in [0.5, 0.6) is 11.5 Å². The van der Waals surface area contributed by atoms with Crippen LogP contribution in [-0.2, 0) is 20.9 Å². The number of carbonyl (C=O) groups excluding carboxylic acids is 3. The molecule has 1 aliphatic rings. The minimum Gasteiger partial charge on any atom is -0.493 e. The summed E-state index contributed by atoms with van der Waals surface area (Å²) >= 11 is 0. The molecule has 9 heteroatoms. The molecule has 1 aromatic carbocycles. The fourth-order valence-electron chi connectivity index (χ4n) is 3.27. The fraction of sp³-hybridized carbons (Fsp3) is 0.381. The smallest absolute Gasteiger partial charge is 0.329 e. The summed E-state index contributed by atoms with van der Waals surface area (Å²) in [6.07, 6.45) is 2.57. The fourth-order valence-corrected chi connectivity index (χ4v) is 3.27. The highest BCUT2D eigenvalue weighted by molar-refractivity contribution is 5.95. The molecule has 0 bridgehead atoms. The molecule has 2 amide bonds. The number of amides is 2. The number of hydrogen-bond donors (Lipinski definition) is 1. The molecule has 9 nitrogen and oxygen atoms in total. The van der Waals surface area contributed by atoms with Crippen molar-refractivity contribution in [2.45, 2.75) is 25.4 Å². The molecule has 0 radical (unpaired) electrons. The Morgan fingerprint density at radius 3 is 2.67 bits per heavy atom. The molecule has 1 atom stereocenters. The Morgan fingerprint density at radius 1 is 1.17 bits per heavy atom. The number of likely N-dealkylation sites (tertiary alicyclic amines) is 1. The average Bonchev–Trinajstić information content (AvgIpc) is 3.47. The van der Waals surface area contributed by atoms with Crippen molar-refractivity contribution in [2.75, 3.05) is 27.4 Å². The van der Waals surface area contributed by atoms with Gasteiger partial charge in [-0.05, 0) is 42.7 Å². The highest BCUT2D eigenvalue weighted by Crippen LogP contribution is 2.27. The van der Waals surface area contributed by atoms with Gasteiger partial charge in [-0.3, -0.25) is 9.59 Å². The monoisotopic (exact) mass is 416 g/mol. The van der Waals surface area contributed by atoms with E-state index in [0.717, 1.165) is 5.56 Å². The van der Waals surface area contributed by atoms with Gasteiger partial charge in [-0.15, -0.1) is 0 Å². The first-order valence-corrected chi connectivity index (χ1v) is 9.52. The van der Waals surface area contributed by atoms with E-state index in [2.05, 4.69) is 5.32 Å². The zero-order chi connectivity index (χ0) is 21.5. The molecule has 2 heterocycles. The quantitative estimate of drug-likeness (QED) is 0.654. The van der Waals surface area contributed by atoms with Gasteiger partial charge in [0.1, 0.15) is 6.04 Å². The van der Waals surface area contributed by atoms with Crippen molar-refractivity contribution in [3.8, 4) is 11.5 Å². The Balaban J connectivity index is 1.48. The molecule has 0 saturated carbocycles. The van der Waals surface area contributed by atoms with Crippen LogP contribution in [0.4, 0.5) is 0 Å². The van der Waals surface area contributed by atoms with Crippen molar-refractivity contribution in [3.05, 3.63) is 47.9 Å². The van der Waals surface area contributed by atoms with Crippen LogP contribution in [0.1, 0.15) is 29.0 Å². The van der Waals surface area contributed by atoms with Crippen molar-refractivity contribution in [2.24, 2.45) is 0 Å². The van der Waals surface area contributed by atoms with Crippen molar-refractivity contribution < 1.29 is 33.0 Å². The van der Waals surface area contributed by atoms with E-state index in [-0.39, 0.29) is 18.2 Å². The molecule has 30 heavy (non-hydrogen) atoms. The first-order valence-electron chi connectivity index (χ1n) is 9.52. The second-order valence-electron chi connectivity index (χ2n) is 6.71. The summed E-state index contributed by atoms with van der Waals surface area (Å²) in [5.74, 6) is -0.0987. The highest BCUT2D eigenvalue weighted by Gasteiger charge is 2.36. The minimum absolute atomic E-state index is 0.169. The van der Waals surface area contributed by atoms with E-state index < -0.39 is 24.5 Å². The maximum Gasteiger partial charge on any atom is 0.329 e. The maximum absolute atomic E-state index is 12.4. The third kappa shape index (κ3) is 4.91. The van der Waals surface area contributed by atoms with Crippen molar-refractivity contribution in [1.82, 2.24) is 10.2 Å². The van der Waals surface area contributed by atoms with Gasteiger partial charge in [0.15, 0.2) is 23.9 Å². The first kappa shape index (κ1) is 21.2. The Bertz CT molecular complexity index is 895. The molecule has 1 fully saturated rings. The topological polar surface area (TPSA) is 107 Å². The number of rotatable bonds is 8. The van der Waals surface area contributed by atoms with Gasteiger partial charge in [0, 0.05) is 13.1 Å². The van der Waals surface area contributed by atoms with Gasteiger partial charge in [0.05, 0.1) is 20.5 Å². The molecule has 1 N–H and O–H groups in total. The van der Waals surface area contributed by atoms with Crippen LogP contribution in [0.25, 0.3) is 0 Å². The largest absolute Gasteiger partial charge is 0.493 e. The third-order valence-corrected chi connectivity index (χ3v) is 4.80. The van der Waals surface area contributed by atoms with Crippen LogP contribution >= 0.6 is 0 Å².